The molecule has 3 amide bonds. The minimum Gasteiger partial charge on any atom is -0.456 e. The Labute approximate surface area is 175 Å². The zero-order chi connectivity index (χ0) is 22.3. The van der Waals surface area contributed by atoms with Crippen molar-refractivity contribution in [1.82, 2.24) is 4.90 Å². The van der Waals surface area contributed by atoms with E-state index in [4.69, 9.17) is 4.74 Å². The van der Waals surface area contributed by atoms with Crippen molar-refractivity contribution >= 4 is 29.4 Å². The Kier molecular flexibility index (Phi) is 5.49. The quantitative estimate of drug-likeness (QED) is 0.545. The van der Waals surface area contributed by atoms with Gasteiger partial charge in [0.1, 0.15) is 0 Å². The van der Waals surface area contributed by atoms with Gasteiger partial charge in [-0.3, -0.25) is 24.1 Å². The summed E-state index contributed by atoms with van der Waals surface area (Å²) in [4.78, 5) is 50.1. The molecular weight excluding hydrogens is 417 g/mol. The minimum atomic E-state index is -4.65. The molecule has 0 unspecified atom stereocenters. The zero-order valence-electron chi connectivity index (χ0n) is 16.5. The first-order valence-electron chi connectivity index (χ1n) is 10.1. The Bertz CT molecular complexity index is 904. The molecule has 2 aliphatic carbocycles. The van der Waals surface area contributed by atoms with Gasteiger partial charge in [0.2, 0.25) is 11.8 Å². The van der Waals surface area contributed by atoms with E-state index in [0.717, 1.165) is 36.3 Å². The molecule has 3 fully saturated rings. The number of esters is 1. The molecule has 31 heavy (non-hydrogen) atoms. The molecule has 1 saturated heterocycles. The molecule has 166 valence electrons. The molecule has 1 aromatic rings. The van der Waals surface area contributed by atoms with Gasteiger partial charge in [0.25, 0.3) is 5.91 Å². The number of imide groups is 1. The number of likely N-dealkylation sites (tertiary alicyclic amines) is 1. The first-order chi connectivity index (χ1) is 14.7. The van der Waals surface area contributed by atoms with E-state index >= 15 is 0 Å². The number of carbonyl (C=O) groups is 4. The number of alkyl halides is 3. The van der Waals surface area contributed by atoms with E-state index in [-0.39, 0.29) is 48.5 Å². The second-order valence-corrected chi connectivity index (χ2v) is 8.22. The van der Waals surface area contributed by atoms with Crippen LogP contribution < -0.4 is 5.32 Å². The summed E-state index contributed by atoms with van der Waals surface area (Å²) in [6.45, 7) is -0.899. The maximum atomic E-state index is 13.0. The van der Waals surface area contributed by atoms with Crippen LogP contribution in [0.3, 0.4) is 0 Å². The van der Waals surface area contributed by atoms with Crippen molar-refractivity contribution in [3.63, 3.8) is 0 Å². The monoisotopic (exact) mass is 438 g/mol. The van der Waals surface area contributed by atoms with Crippen molar-refractivity contribution in [2.45, 2.75) is 31.9 Å². The molecular formula is C21H21F3N2O5. The highest BCUT2D eigenvalue weighted by Crippen LogP contribution is 2.56. The van der Waals surface area contributed by atoms with E-state index in [9.17, 15) is 32.3 Å². The summed E-state index contributed by atoms with van der Waals surface area (Å²) in [5.41, 5.74) is -1.45. The minimum absolute atomic E-state index is 0.124. The number of nitrogens with one attached hydrogen (secondary N) is 1. The standard InChI is InChI=1S/C21H21F3N2O5/c22-21(23,24)13-3-1-2-4-14(13)25-15(27)10-31-16(28)7-8-26-19(29)17-11-5-6-12(9-11)18(17)20(26)30/h1-4,11-12,17-18H,5-10H2,(H,25,27)/t11-,12-,17+,18+/m0/s1. The number of hydrogen-bond acceptors (Lipinski definition) is 5. The van der Waals surface area contributed by atoms with Crippen LogP contribution in [-0.2, 0) is 30.1 Å². The van der Waals surface area contributed by atoms with Crippen LogP contribution in [0.5, 0.6) is 0 Å². The Balaban J connectivity index is 1.26. The number of amides is 3. The fraction of sp³-hybridized carbons (Fsp3) is 0.524. The fourth-order valence-corrected chi connectivity index (χ4v) is 5.14. The van der Waals surface area contributed by atoms with Gasteiger partial charge in [-0.15, -0.1) is 0 Å². The molecule has 1 heterocycles. The molecule has 1 aliphatic heterocycles. The van der Waals surface area contributed by atoms with Crippen LogP contribution in [0.15, 0.2) is 24.3 Å². The Morgan fingerprint density at radius 3 is 2.29 bits per heavy atom. The van der Waals surface area contributed by atoms with E-state index in [0.29, 0.717) is 0 Å². The summed E-state index contributed by atoms with van der Waals surface area (Å²) >= 11 is 0. The molecule has 2 bridgehead atoms. The van der Waals surface area contributed by atoms with E-state index < -0.39 is 35.9 Å². The number of benzene rings is 1. The molecule has 1 N–H and O–H groups in total. The van der Waals surface area contributed by atoms with E-state index in [2.05, 4.69) is 5.32 Å². The van der Waals surface area contributed by atoms with Crippen LogP contribution in [0.2, 0.25) is 0 Å². The lowest BCUT2D eigenvalue weighted by Crippen LogP contribution is -2.35. The van der Waals surface area contributed by atoms with Gasteiger partial charge >= 0.3 is 12.1 Å². The van der Waals surface area contributed by atoms with Crippen LogP contribution >= 0.6 is 0 Å². The predicted molar refractivity (Wildman–Crippen MR) is 100 cm³/mol. The lowest BCUT2D eigenvalue weighted by molar-refractivity contribution is -0.149. The molecule has 7 nitrogen and oxygen atoms in total. The van der Waals surface area contributed by atoms with Gasteiger partial charge in [-0.2, -0.15) is 13.2 Å². The number of carbonyl (C=O) groups excluding carboxylic acids is 4. The molecule has 0 spiro atoms. The predicted octanol–water partition coefficient (Wildman–Crippen LogP) is 2.61. The van der Waals surface area contributed by atoms with Gasteiger partial charge in [-0.25, -0.2) is 0 Å². The zero-order valence-corrected chi connectivity index (χ0v) is 16.5. The highest BCUT2D eigenvalue weighted by atomic mass is 19.4. The molecule has 4 atom stereocenters. The summed E-state index contributed by atoms with van der Waals surface area (Å²) < 4.78 is 43.7. The summed E-state index contributed by atoms with van der Waals surface area (Å²) in [5, 5.41) is 2.07. The largest absolute Gasteiger partial charge is 0.456 e. The topological polar surface area (TPSA) is 92.8 Å². The Hall–Kier alpha value is -2.91. The lowest BCUT2D eigenvalue weighted by Gasteiger charge is -2.19. The van der Waals surface area contributed by atoms with Crippen molar-refractivity contribution in [1.29, 1.82) is 0 Å². The molecule has 2 saturated carbocycles. The Morgan fingerprint density at radius 2 is 1.68 bits per heavy atom. The van der Waals surface area contributed by atoms with Crippen molar-refractivity contribution in [2.75, 3.05) is 18.5 Å². The number of ether oxygens (including phenoxy) is 1. The number of fused-ring (bicyclic) bond motifs is 5. The number of halogens is 3. The number of anilines is 1. The van der Waals surface area contributed by atoms with Crippen molar-refractivity contribution < 1.29 is 37.1 Å². The molecule has 0 radical (unpaired) electrons. The molecule has 4 rings (SSSR count). The van der Waals surface area contributed by atoms with Crippen LogP contribution in [0.25, 0.3) is 0 Å². The third kappa shape index (κ3) is 4.03. The van der Waals surface area contributed by atoms with Crippen LogP contribution in [-0.4, -0.2) is 41.7 Å². The summed E-state index contributed by atoms with van der Waals surface area (Å²) in [6, 6.07) is 4.45. The summed E-state index contributed by atoms with van der Waals surface area (Å²) in [6.07, 6.45) is -2.11. The van der Waals surface area contributed by atoms with Crippen LogP contribution in [0.4, 0.5) is 18.9 Å². The molecule has 0 aromatic heterocycles. The van der Waals surface area contributed by atoms with Crippen molar-refractivity contribution in [2.24, 2.45) is 23.7 Å². The number of hydrogen-bond donors (Lipinski definition) is 1. The maximum Gasteiger partial charge on any atom is 0.418 e. The second kappa shape index (κ2) is 7.97. The Morgan fingerprint density at radius 1 is 1.06 bits per heavy atom. The van der Waals surface area contributed by atoms with E-state index in [1.807, 2.05) is 0 Å². The van der Waals surface area contributed by atoms with Gasteiger partial charge in [-0.1, -0.05) is 12.1 Å². The average Bonchev–Trinajstić information content (AvgIpc) is 3.39. The fourth-order valence-electron chi connectivity index (χ4n) is 5.14. The molecule has 10 heteroatoms. The molecule has 1 aromatic carbocycles. The number of para-hydroxylation sites is 1. The maximum absolute atomic E-state index is 13.0. The first kappa shape index (κ1) is 21.3. The average molecular weight is 438 g/mol. The van der Waals surface area contributed by atoms with Gasteiger partial charge in [-0.05, 0) is 43.2 Å². The highest BCUT2D eigenvalue weighted by molar-refractivity contribution is 6.06. The SMILES string of the molecule is O=C(COC(=O)CCN1C(=O)[C@@H]2[C@H]3CC[C@@H](C3)[C@H]2C1=O)Nc1ccccc1C(F)(F)F. The van der Waals surface area contributed by atoms with Gasteiger partial charge in [0.05, 0.1) is 29.5 Å². The van der Waals surface area contributed by atoms with Gasteiger partial charge < -0.3 is 10.1 Å². The van der Waals surface area contributed by atoms with Crippen molar-refractivity contribution in [3.8, 4) is 0 Å². The van der Waals surface area contributed by atoms with Crippen molar-refractivity contribution in [3.05, 3.63) is 29.8 Å². The summed E-state index contributed by atoms with van der Waals surface area (Å²) in [7, 11) is 0. The number of nitrogens with zero attached hydrogens (tertiary/aromatic N) is 1. The first-order valence-corrected chi connectivity index (χ1v) is 10.1. The molecule has 3 aliphatic rings. The lowest BCUT2D eigenvalue weighted by atomic mass is 9.81. The van der Waals surface area contributed by atoms with Crippen LogP contribution in [0.1, 0.15) is 31.2 Å². The number of rotatable bonds is 6. The van der Waals surface area contributed by atoms with Crippen LogP contribution in [0, 0.1) is 23.7 Å². The van der Waals surface area contributed by atoms with E-state index in [1.54, 1.807) is 0 Å². The summed E-state index contributed by atoms with van der Waals surface area (Å²) in [5.74, 6) is -2.29. The third-order valence-electron chi connectivity index (χ3n) is 6.43. The van der Waals surface area contributed by atoms with E-state index in [1.165, 1.54) is 12.1 Å². The van der Waals surface area contributed by atoms with Gasteiger partial charge in [0, 0.05) is 6.54 Å². The smallest absolute Gasteiger partial charge is 0.418 e. The normalized spacial score (nSPS) is 26.9. The second-order valence-electron chi connectivity index (χ2n) is 8.22. The third-order valence-corrected chi connectivity index (χ3v) is 6.43. The van der Waals surface area contributed by atoms with Gasteiger partial charge in [0.15, 0.2) is 6.61 Å². The highest BCUT2D eigenvalue weighted by Gasteiger charge is 2.60.